The summed E-state index contributed by atoms with van der Waals surface area (Å²) in [6, 6.07) is 11.1. The van der Waals surface area contributed by atoms with E-state index in [2.05, 4.69) is 10.3 Å². The highest BCUT2D eigenvalue weighted by atomic mass is 16.5. The largest absolute Gasteiger partial charge is 0.506 e. The Bertz CT molecular complexity index is 612. The lowest BCUT2D eigenvalue weighted by molar-refractivity contribution is 0.141. The molecule has 2 rings (SSSR count). The zero-order valence-corrected chi connectivity index (χ0v) is 11.4. The smallest absolute Gasteiger partial charge is 0.407 e. The summed E-state index contributed by atoms with van der Waals surface area (Å²) in [5.41, 5.74) is 1.70. The SMILES string of the molecule is O=C(NCC=Cc1cncc(O)c1)OCc1ccccc1. The fourth-order valence-corrected chi connectivity index (χ4v) is 1.65. The number of aromatic hydroxyl groups is 1. The number of pyridine rings is 1. The van der Waals surface area contributed by atoms with Crippen LogP contribution in [0.1, 0.15) is 11.1 Å². The van der Waals surface area contributed by atoms with Gasteiger partial charge < -0.3 is 15.2 Å². The first kappa shape index (κ1) is 14.6. The molecule has 2 N–H and O–H groups in total. The van der Waals surface area contributed by atoms with E-state index in [1.54, 1.807) is 24.4 Å². The Balaban J connectivity index is 1.69. The van der Waals surface area contributed by atoms with E-state index in [-0.39, 0.29) is 12.4 Å². The van der Waals surface area contributed by atoms with Crippen LogP contribution in [0.15, 0.2) is 54.9 Å². The number of nitrogens with one attached hydrogen (secondary N) is 1. The van der Waals surface area contributed by atoms with E-state index in [0.29, 0.717) is 6.54 Å². The van der Waals surface area contributed by atoms with Crippen molar-refractivity contribution in [1.29, 1.82) is 0 Å². The number of hydrogen-bond acceptors (Lipinski definition) is 4. The molecule has 1 amide bonds. The fourth-order valence-electron chi connectivity index (χ4n) is 1.65. The molecular weight excluding hydrogens is 268 g/mol. The van der Waals surface area contributed by atoms with E-state index in [4.69, 9.17) is 4.74 Å². The first-order valence-electron chi connectivity index (χ1n) is 6.49. The van der Waals surface area contributed by atoms with E-state index >= 15 is 0 Å². The van der Waals surface area contributed by atoms with Crippen molar-refractivity contribution in [3.63, 3.8) is 0 Å². The summed E-state index contributed by atoms with van der Waals surface area (Å²) in [4.78, 5) is 15.3. The maximum Gasteiger partial charge on any atom is 0.407 e. The third kappa shape index (κ3) is 5.36. The molecule has 0 aliphatic heterocycles. The number of aromatic nitrogens is 1. The van der Waals surface area contributed by atoms with Gasteiger partial charge in [-0.25, -0.2) is 4.79 Å². The topological polar surface area (TPSA) is 71.5 Å². The molecule has 0 spiro atoms. The quantitative estimate of drug-likeness (QED) is 0.885. The predicted octanol–water partition coefficient (Wildman–Crippen LogP) is 2.73. The van der Waals surface area contributed by atoms with Gasteiger partial charge in [-0.3, -0.25) is 4.98 Å². The van der Waals surface area contributed by atoms with E-state index in [1.165, 1.54) is 6.20 Å². The van der Waals surface area contributed by atoms with Crippen LogP contribution in [-0.2, 0) is 11.3 Å². The highest BCUT2D eigenvalue weighted by Gasteiger charge is 2.00. The second-order valence-corrected chi connectivity index (χ2v) is 4.32. The third-order valence-corrected chi connectivity index (χ3v) is 2.63. The average Bonchev–Trinajstić information content (AvgIpc) is 2.51. The van der Waals surface area contributed by atoms with Gasteiger partial charge in [-0.15, -0.1) is 0 Å². The summed E-state index contributed by atoms with van der Waals surface area (Å²) in [6.45, 7) is 0.580. The normalized spacial score (nSPS) is 10.5. The Kier molecular flexibility index (Phi) is 5.34. The first-order chi connectivity index (χ1) is 10.2. The van der Waals surface area contributed by atoms with E-state index in [1.807, 2.05) is 30.3 Å². The molecule has 0 fully saturated rings. The molecule has 0 radical (unpaired) electrons. The Morgan fingerprint density at radius 2 is 2.10 bits per heavy atom. The number of amides is 1. The summed E-state index contributed by atoms with van der Waals surface area (Å²) in [5.74, 6) is 0.104. The zero-order valence-electron chi connectivity index (χ0n) is 11.4. The molecular formula is C16H16N2O3. The molecule has 2 aromatic rings. The predicted molar refractivity (Wildman–Crippen MR) is 79.6 cm³/mol. The number of rotatable bonds is 5. The number of ether oxygens (including phenoxy) is 1. The minimum atomic E-state index is -0.475. The second-order valence-electron chi connectivity index (χ2n) is 4.32. The second kappa shape index (κ2) is 7.69. The van der Waals surface area contributed by atoms with Crippen molar-refractivity contribution in [3.8, 4) is 5.75 Å². The van der Waals surface area contributed by atoms with Gasteiger partial charge >= 0.3 is 6.09 Å². The summed E-state index contributed by atoms with van der Waals surface area (Å²) >= 11 is 0. The fraction of sp³-hybridized carbons (Fsp3) is 0.125. The van der Waals surface area contributed by atoms with Gasteiger partial charge in [0, 0.05) is 12.7 Å². The Labute approximate surface area is 122 Å². The van der Waals surface area contributed by atoms with Crippen LogP contribution >= 0.6 is 0 Å². The number of alkyl carbamates (subject to hydrolysis) is 1. The monoisotopic (exact) mass is 284 g/mol. The number of hydrogen-bond donors (Lipinski definition) is 2. The molecule has 5 nitrogen and oxygen atoms in total. The van der Waals surface area contributed by atoms with Gasteiger partial charge in [-0.1, -0.05) is 42.5 Å². The van der Waals surface area contributed by atoms with Crippen LogP contribution < -0.4 is 5.32 Å². The number of nitrogens with zero attached hydrogens (tertiary/aromatic N) is 1. The maximum atomic E-state index is 11.5. The highest BCUT2D eigenvalue weighted by molar-refractivity contribution is 5.67. The van der Waals surface area contributed by atoms with Crippen molar-refractivity contribution in [2.45, 2.75) is 6.61 Å². The Hall–Kier alpha value is -2.82. The lowest BCUT2D eigenvalue weighted by Gasteiger charge is -2.05. The number of benzene rings is 1. The molecule has 0 unspecified atom stereocenters. The third-order valence-electron chi connectivity index (χ3n) is 2.63. The molecule has 1 heterocycles. The van der Waals surface area contributed by atoms with E-state index < -0.39 is 6.09 Å². The van der Waals surface area contributed by atoms with Crippen molar-refractivity contribution in [1.82, 2.24) is 10.3 Å². The van der Waals surface area contributed by atoms with Crippen LogP contribution in [0, 0.1) is 0 Å². The molecule has 5 heteroatoms. The van der Waals surface area contributed by atoms with Crippen molar-refractivity contribution in [2.24, 2.45) is 0 Å². The molecule has 0 aliphatic carbocycles. The molecule has 0 saturated heterocycles. The average molecular weight is 284 g/mol. The van der Waals surface area contributed by atoms with Crippen molar-refractivity contribution in [2.75, 3.05) is 6.54 Å². The lowest BCUT2D eigenvalue weighted by Crippen LogP contribution is -2.24. The van der Waals surface area contributed by atoms with Gasteiger partial charge in [0.15, 0.2) is 0 Å². The molecule has 0 aliphatic rings. The van der Waals surface area contributed by atoms with Gasteiger partial charge in [-0.2, -0.15) is 0 Å². The van der Waals surface area contributed by atoms with E-state index in [9.17, 15) is 9.90 Å². The molecule has 0 bridgehead atoms. The summed E-state index contributed by atoms with van der Waals surface area (Å²) in [6.07, 6.45) is 6.00. The van der Waals surface area contributed by atoms with Crippen LogP contribution in [0.2, 0.25) is 0 Å². The van der Waals surface area contributed by atoms with Gasteiger partial charge in [-0.05, 0) is 17.2 Å². The van der Waals surface area contributed by atoms with Crippen LogP contribution in [-0.4, -0.2) is 22.7 Å². The van der Waals surface area contributed by atoms with Crippen molar-refractivity contribution >= 4 is 12.2 Å². The van der Waals surface area contributed by atoms with Gasteiger partial charge in [0.25, 0.3) is 0 Å². The van der Waals surface area contributed by atoms with Crippen LogP contribution in [0.4, 0.5) is 4.79 Å². The molecule has 1 aromatic carbocycles. The van der Waals surface area contributed by atoms with E-state index in [0.717, 1.165) is 11.1 Å². The minimum Gasteiger partial charge on any atom is -0.506 e. The molecule has 0 atom stereocenters. The molecule has 108 valence electrons. The Morgan fingerprint density at radius 3 is 2.86 bits per heavy atom. The first-order valence-corrected chi connectivity index (χ1v) is 6.49. The highest BCUT2D eigenvalue weighted by Crippen LogP contribution is 2.09. The lowest BCUT2D eigenvalue weighted by atomic mass is 10.2. The van der Waals surface area contributed by atoms with Crippen molar-refractivity contribution < 1.29 is 14.6 Å². The summed E-state index contributed by atoms with van der Waals surface area (Å²) in [7, 11) is 0. The standard InChI is InChI=1S/C16H16N2O3/c19-15-9-14(10-17-11-15)7-4-8-18-16(20)21-12-13-5-2-1-3-6-13/h1-7,9-11,19H,8,12H2,(H,18,20). The Morgan fingerprint density at radius 1 is 1.29 bits per heavy atom. The summed E-state index contributed by atoms with van der Waals surface area (Å²) < 4.78 is 5.06. The molecule has 21 heavy (non-hydrogen) atoms. The minimum absolute atomic E-state index is 0.104. The number of carbonyl (C=O) groups excluding carboxylic acids is 1. The van der Waals surface area contributed by atoms with Crippen molar-refractivity contribution in [3.05, 3.63) is 66.0 Å². The zero-order chi connectivity index (χ0) is 14.9. The summed E-state index contributed by atoms with van der Waals surface area (Å²) in [5, 5.41) is 11.9. The van der Waals surface area contributed by atoms with Crippen LogP contribution in [0.25, 0.3) is 6.08 Å². The molecule has 0 saturated carbocycles. The van der Waals surface area contributed by atoms with Gasteiger partial charge in [0.05, 0.1) is 6.20 Å². The molecule has 1 aromatic heterocycles. The number of carbonyl (C=O) groups is 1. The van der Waals surface area contributed by atoms with Crippen LogP contribution in [0.5, 0.6) is 5.75 Å². The van der Waals surface area contributed by atoms with Gasteiger partial charge in [0.1, 0.15) is 12.4 Å². The van der Waals surface area contributed by atoms with Crippen LogP contribution in [0.3, 0.4) is 0 Å². The van der Waals surface area contributed by atoms with Gasteiger partial charge in [0.2, 0.25) is 0 Å². The maximum absolute atomic E-state index is 11.5.